The second-order valence-corrected chi connectivity index (χ2v) is 9.76. The molecule has 0 unspecified atom stereocenters. The van der Waals surface area contributed by atoms with E-state index in [1.54, 1.807) is 20.8 Å². The van der Waals surface area contributed by atoms with Crippen molar-refractivity contribution in [3.8, 4) is 22.3 Å². The second-order valence-electron chi connectivity index (χ2n) is 9.76. The molecule has 0 saturated carbocycles. The van der Waals surface area contributed by atoms with Gasteiger partial charge in [0.15, 0.2) is 0 Å². The minimum absolute atomic E-state index is 0.00155. The molecule has 4 aromatic rings. The van der Waals surface area contributed by atoms with Crippen molar-refractivity contribution in [3.63, 3.8) is 0 Å². The summed E-state index contributed by atoms with van der Waals surface area (Å²) in [4.78, 5) is 25.8. The maximum absolute atomic E-state index is 13.0. The lowest BCUT2D eigenvalue weighted by Gasteiger charge is -2.21. The number of alkyl carbamates (subject to hydrolysis) is 1. The number of carbonyl (C=O) groups is 2. The summed E-state index contributed by atoms with van der Waals surface area (Å²) in [7, 11) is 1.29. The molecule has 38 heavy (non-hydrogen) atoms. The van der Waals surface area contributed by atoms with Crippen LogP contribution in [0.2, 0.25) is 0 Å². The van der Waals surface area contributed by atoms with Crippen LogP contribution in [0.4, 0.5) is 4.79 Å². The number of hydrogen-bond acceptors (Lipinski definition) is 4. The molecule has 0 radical (unpaired) electrons. The molecule has 5 heteroatoms. The van der Waals surface area contributed by atoms with Gasteiger partial charge >= 0.3 is 12.1 Å². The van der Waals surface area contributed by atoms with Gasteiger partial charge in [0.1, 0.15) is 11.3 Å². The van der Waals surface area contributed by atoms with Crippen molar-refractivity contribution in [2.24, 2.45) is 0 Å². The molecule has 0 aliphatic carbocycles. The molecule has 0 aromatic heterocycles. The summed E-state index contributed by atoms with van der Waals surface area (Å²) in [6, 6.07) is 35.8. The van der Waals surface area contributed by atoms with E-state index in [-0.39, 0.29) is 5.70 Å². The molecule has 0 aliphatic rings. The molecule has 0 fully saturated rings. The molecule has 1 amide bonds. The lowest BCUT2D eigenvalue weighted by molar-refractivity contribution is -0.136. The van der Waals surface area contributed by atoms with Crippen molar-refractivity contribution in [3.05, 3.63) is 126 Å². The smallest absolute Gasteiger partial charge is 0.412 e. The Bertz CT molecular complexity index is 1330. The lowest BCUT2D eigenvalue weighted by atomic mass is 9.92. The van der Waals surface area contributed by atoms with Crippen molar-refractivity contribution in [2.45, 2.75) is 26.4 Å². The van der Waals surface area contributed by atoms with E-state index in [1.165, 1.54) is 7.11 Å². The lowest BCUT2D eigenvalue weighted by Crippen LogP contribution is -2.35. The van der Waals surface area contributed by atoms with Crippen LogP contribution in [0.3, 0.4) is 0 Å². The first-order valence-corrected chi connectivity index (χ1v) is 12.4. The Balaban J connectivity index is 1.83. The number of rotatable bonds is 6. The van der Waals surface area contributed by atoms with Crippen LogP contribution in [0.5, 0.6) is 0 Å². The number of esters is 1. The number of hydrogen-bond donors (Lipinski definition) is 1. The Morgan fingerprint density at radius 1 is 0.605 bits per heavy atom. The predicted octanol–water partition coefficient (Wildman–Crippen LogP) is 7.48. The van der Waals surface area contributed by atoms with Crippen LogP contribution in [0.15, 0.2) is 115 Å². The number of methoxy groups -OCH3 is 1. The van der Waals surface area contributed by atoms with Gasteiger partial charge in [0, 0.05) is 5.57 Å². The van der Waals surface area contributed by atoms with E-state index in [2.05, 4.69) is 5.32 Å². The SMILES string of the molecule is COC(=O)C(NC(=O)OC(C)(C)C)=C(c1ccc(-c2ccccc2)cc1)c1ccc(-c2ccccc2)cc1. The van der Waals surface area contributed by atoms with Gasteiger partial charge in [0.2, 0.25) is 0 Å². The third-order valence-electron chi connectivity index (χ3n) is 5.83. The van der Waals surface area contributed by atoms with Gasteiger partial charge in [-0.1, -0.05) is 109 Å². The third kappa shape index (κ3) is 6.56. The van der Waals surface area contributed by atoms with E-state index < -0.39 is 17.7 Å². The zero-order chi connectivity index (χ0) is 27.1. The van der Waals surface area contributed by atoms with Crippen LogP contribution in [0.25, 0.3) is 27.8 Å². The van der Waals surface area contributed by atoms with E-state index in [0.29, 0.717) is 5.57 Å². The first-order chi connectivity index (χ1) is 18.2. The van der Waals surface area contributed by atoms with Gasteiger partial charge in [-0.15, -0.1) is 0 Å². The summed E-state index contributed by atoms with van der Waals surface area (Å²) >= 11 is 0. The van der Waals surface area contributed by atoms with Gasteiger partial charge in [-0.05, 0) is 54.2 Å². The molecule has 4 aromatic carbocycles. The zero-order valence-electron chi connectivity index (χ0n) is 22.0. The average Bonchev–Trinajstić information content (AvgIpc) is 2.93. The highest BCUT2D eigenvalue weighted by Crippen LogP contribution is 2.31. The van der Waals surface area contributed by atoms with Crippen LogP contribution in [-0.2, 0) is 14.3 Å². The topological polar surface area (TPSA) is 64.6 Å². The van der Waals surface area contributed by atoms with Gasteiger partial charge < -0.3 is 9.47 Å². The molecule has 0 aliphatic heterocycles. The van der Waals surface area contributed by atoms with E-state index >= 15 is 0 Å². The molecule has 0 heterocycles. The second kappa shape index (κ2) is 11.6. The Labute approximate surface area is 223 Å². The minimum atomic E-state index is -0.739. The highest BCUT2D eigenvalue weighted by molar-refractivity contribution is 6.04. The number of nitrogens with one attached hydrogen (secondary N) is 1. The van der Waals surface area contributed by atoms with Gasteiger partial charge in [-0.25, -0.2) is 9.59 Å². The maximum Gasteiger partial charge on any atom is 0.412 e. The summed E-state index contributed by atoms with van der Waals surface area (Å²) in [6.45, 7) is 5.29. The Morgan fingerprint density at radius 2 is 1.00 bits per heavy atom. The van der Waals surface area contributed by atoms with Crippen LogP contribution >= 0.6 is 0 Å². The highest BCUT2D eigenvalue weighted by atomic mass is 16.6. The molecule has 0 bridgehead atoms. The van der Waals surface area contributed by atoms with Crippen molar-refractivity contribution in [2.75, 3.05) is 7.11 Å². The fourth-order valence-corrected chi connectivity index (χ4v) is 4.10. The van der Waals surface area contributed by atoms with Crippen LogP contribution in [-0.4, -0.2) is 24.8 Å². The Kier molecular flexibility index (Phi) is 8.07. The fourth-order valence-electron chi connectivity index (χ4n) is 4.10. The monoisotopic (exact) mass is 505 g/mol. The first kappa shape index (κ1) is 26.4. The van der Waals surface area contributed by atoms with Gasteiger partial charge in [-0.2, -0.15) is 0 Å². The molecular weight excluding hydrogens is 474 g/mol. The van der Waals surface area contributed by atoms with Crippen LogP contribution in [0.1, 0.15) is 31.9 Å². The molecule has 4 rings (SSSR count). The third-order valence-corrected chi connectivity index (χ3v) is 5.83. The van der Waals surface area contributed by atoms with Gasteiger partial charge in [-0.3, -0.25) is 5.32 Å². The standard InChI is InChI=1S/C33H31NO4/c1-33(2,3)38-32(36)34-30(31(35)37-4)29(27-19-15-25(16-20-27)23-11-7-5-8-12-23)28-21-17-26(18-22-28)24-13-9-6-10-14-24/h5-22H,1-4H3,(H,34,36). The van der Waals surface area contributed by atoms with E-state index in [4.69, 9.17) is 9.47 Å². The average molecular weight is 506 g/mol. The van der Waals surface area contributed by atoms with Crippen molar-refractivity contribution in [1.29, 1.82) is 0 Å². The van der Waals surface area contributed by atoms with Gasteiger partial charge in [0.25, 0.3) is 0 Å². The summed E-state index contributed by atoms with van der Waals surface area (Å²) in [5.74, 6) is -0.676. The molecular formula is C33H31NO4. The Morgan fingerprint density at radius 3 is 1.37 bits per heavy atom. The van der Waals surface area contributed by atoms with Crippen molar-refractivity contribution in [1.82, 2.24) is 5.32 Å². The fraction of sp³-hybridized carbons (Fsp3) is 0.152. The molecule has 5 nitrogen and oxygen atoms in total. The summed E-state index contributed by atoms with van der Waals surface area (Å²) in [5.41, 5.74) is 5.51. The Hall–Kier alpha value is -4.64. The first-order valence-electron chi connectivity index (χ1n) is 12.4. The maximum atomic E-state index is 13.0. The summed E-state index contributed by atoms with van der Waals surface area (Å²) in [6.07, 6.45) is -0.739. The van der Waals surface area contributed by atoms with Crippen molar-refractivity contribution >= 4 is 17.6 Å². The summed E-state index contributed by atoms with van der Waals surface area (Å²) < 4.78 is 10.5. The predicted molar refractivity (Wildman–Crippen MR) is 151 cm³/mol. The summed E-state index contributed by atoms with van der Waals surface area (Å²) in [5, 5.41) is 2.66. The molecule has 0 spiro atoms. The number of ether oxygens (including phenoxy) is 2. The molecule has 0 atom stereocenters. The largest absolute Gasteiger partial charge is 0.464 e. The molecule has 192 valence electrons. The van der Waals surface area contributed by atoms with E-state index in [1.807, 2.05) is 109 Å². The number of carbonyl (C=O) groups excluding carboxylic acids is 2. The molecule has 0 saturated heterocycles. The highest BCUT2D eigenvalue weighted by Gasteiger charge is 2.25. The van der Waals surface area contributed by atoms with Crippen LogP contribution < -0.4 is 5.32 Å². The molecule has 1 N–H and O–H groups in total. The zero-order valence-corrected chi connectivity index (χ0v) is 22.0. The van der Waals surface area contributed by atoms with Crippen molar-refractivity contribution < 1.29 is 19.1 Å². The quantitative estimate of drug-likeness (QED) is 0.218. The van der Waals surface area contributed by atoms with E-state index in [0.717, 1.165) is 33.4 Å². The van der Waals surface area contributed by atoms with Gasteiger partial charge in [0.05, 0.1) is 7.11 Å². The normalized spacial score (nSPS) is 10.8. The minimum Gasteiger partial charge on any atom is -0.464 e. The van der Waals surface area contributed by atoms with Crippen LogP contribution in [0, 0.1) is 0 Å². The number of benzene rings is 4. The van der Waals surface area contributed by atoms with E-state index in [9.17, 15) is 9.59 Å². The number of amides is 1.